The molecule has 0 radical (unpaired) electrons. The van der Waals surface area contributed by atoms with E-state index in [1.165, 1.54) is 16.7 Å². The van der Waals surface area contributed by atoms with E-state index in [2.05, 4.69) is 94.5 Å². The molecule has 0 saturated heterocycles. The summed E-state index contributed by atoms with van der Waals surface area (Å²) in [4.78, 5) is 0. The summed E-state index contributed by atoms with van der Waals surface area (Å²) in [5, 5.41) is 9.94. The van der Waals surface area contributed by atoms with Crippen molar-refractivity contribution in [1.82, 2.24) is 14.8 Å². The summed E-state index contributed by atoms with van der Waals surface area (Å²) in [6.07, 6.45) is 0.758. The third-order valence-electron chi connectivity index (χ3n) is 4.41. The van der Waals surface area contributed by atoms with Gasteiger partial charge in [0.15, 0.2) is 5.16 Å². The van der Waals surface area contributed by atoms with E-state index in [9.17, 15) is 0 Å². The monoisotopic (exact) mass is 371 g/mol. The van der Waals surface area contributed by atoms with Crippen LogP contribution in [0, 0.1) is 6.92 Å². The number of hydrogen-bond donors (Lipinski definition) is 0. The van der Waals surface area contributed by atoms with Crippen molar-refractivity contribution in [2.75, 3.05) is 0 Å². The highest BCUT2D eigenvalue weighted by atomic mass is 32.2. The molecule has 1 aromatic heterocycles. The van der Waals surface area contributed by atoms with E-state index in [-0.39, 0.29) is 0 Å². The molecule has 4 aromatic rings. The maximum absolute atomic E-state index is 4.51. The van der Waals surface area contributed by atoms with Crippen molar-refractivity contribution in [3.8, 4) is 5.69 Å². The highest BCUT2D eigenvalue weighted by Gasteiger charge is 2.15. The number of rotatable bonds is 6. The van der Waals surface area contributed by atoms with Crippen LogP contribution in [0.25, 0.3) is 5.69 Å². The van der Waals surface area contributed by atoms with Crippen molar-refractivity contribution in [2.24, 2.45) is 0 Å². The Morgan fingerprint density at radius 2 is 1.37 bits per heavy atom. The molecule has 0 fully saturated rings. The number of aromatic nitrogens is 3. The Morgan fingerprint density at radius 3 is 2.04 bits per heavy atom. The van der Waals surface area contributed by atoms with Gasteiger partial charge in [0, 0.05) is 17.9 Å². The first kappa shape index (κ1) is 17.6. The summed E-state index contributed by atoms with van der Waals surface area (Å²) >= 11 is 1.72. The van der Waals surface area contributed by atoms with Crippen LogP contribution in [0.4, 0.5) is 0 Å². The third-order valence-corrected chi connectivity index (χ3v) is 5.41. The molecule has 4 heteroatoms. The van der Waals surface area contributed by atoms with Crippen LogP contribution in [0.5, 0.6) is 0 Å². The van der Waals surface area contributed by atoms with E-state index < -0.39 is 0 Å². The zero-order valence-electron chi connectivity index (χ0n) is 15.2. The van der Waals surface area contributed by atoms with E-state index in [4.69, 9.17) is 0 Å². The Hall–Kier alpha value is -2.85. The molecule has 0 saturated carbocycles. The minimum atomic E-state index is 0.758. The molecular weight excluding hydrogens is 350 g/mol. The molecule has 0 aliphatic heterocycles. The molecule has 3 aromatic carbocycles. The molecule has 0 N–H and O–H groups in total. The molecule has 0 amide bonds. The van der Waals surface area contributed by atoms with Gasteiger partial charge >= 0.3 is 0 Å². The molecule has 0 atom stereocenters. The molecule has 27 heavy (non-hydrogen) atoms. The van der Waals surface area contributed by atoms with E-state index in [0.29, 0.717) is 0 Å². The number of hydrogen-bond acceptors (Lipinski definition) is 3. The summed E-state index contributed by atoms with van der Waals surface area (Å²) in [7, 11) is 0. The molecule has 1 heterocycles. The topological polar surface area (TPSA) is 30.7 Å². The Bertz CT molecular complexity index is 993. The Labute approximate surface area is 164 Å². The van der Waals surface area contributed by atoms with Gasteiger partial charge in [-0.1, -0.05) is 90.1 Å². The summed E-state index contributed by atoms with van der Waals surface area (Å²) < 4.78 is 2.18. The zero-order valence-corrected chi connectivity index (χ0v) is 16.1. The van der Waals surface area contributed by atoms with Crippen molar-refractivity contribution in [3.05, 3.63) is 107 Å². The second-order valence-electron chi connectivity index (χ2n) is 6.51. The lowest BCUT2D eigenvalue weighted by atomic mass is 10.1. The van der Waals surface area contributed by atoms with Gasteiger partial charge in [-0.15, -0.1) is 10.2 Å². The molecule has 0 aliphatic carbocycles. The van der Waals surface area contributed by atoms with Crippen LogP contribution in [-0.4, -0.2) is 14.8 Å². The number of benzene rings is 3. The van der Waals surface area contributed by atoms with Crippen LogP contribution in [-0.2, 0) is 12.2 Å². The van der Waals surface area contributed by atoms with Crippen molar-refractivity contribution >= 4 is 11.8 Å². The Balaban J connectivity index is 1.66. The first-order chi connectivity index (χ1) is 13.3. The molecule has 0 spiro atoms. The van der Waals surface area contributed by atoms with Crippen LogP contribution in [0.1, 0.15) is 22.5 Å². The summed E-state index contributed by atoms with van der Waals surface area (Å²) in [6, 6.07) is 29.4. The van der Waals surface area contributed by atoms with Gasteiger partial charge in [0.1, 0.15) is 5.82 Å². The van der Waals surface area contributed by atoms with Crippen molar-refractivity contribution < 1.29 is 0 Å². The number of thioether (sulfide) groups is 1. The minimum absolute atomic E-state index is 0.758. The predicted octanol–water partition coefficient (Wildman–Crippen LogP) is 5.46. The van der Waals surface area contributed by atoms with Gasteiger partial charge in [-0.05, 0) is 30.2 Å². The maximum atomic E-state index is 4.51. The second-order valence-corrected chi connectivity index (χ2v) is 7.45. The fourth-order valence-electron chi connectivity index (χ4n) is 2.96. The van der Waals surface area contributed by atoms with Crippen LogP contribution >= 0.6 is 11.8 Å². The molecule has 3 nitrogen and oxygen atoms in total. The van der Waals surface area contributed by atoms with E-state index in [1.807, 2.05) is 12.1 Å². The lowest BCUT2D eigenvalue weighted by Crippen LogP contribution is -2.04. The van der Waals surface area contributed by atoms with Gasteiger partial charge in [0.2, 0.25) is 0 Å². The van der Waals surface area contributed by atoms with Gasteiger partial charge < -0.3 is 0 Å². The predicted molar refractivity (Wildman–Crippen MR) is 111 cm³/mol. The van der Waals surface area contributed by atoms with Crippen molar-refractivity contribution in [1.29, 1.82) is 0 Å². The minimum Gasteiger partial charge on any atom is -0.274 e. The average molecular weight is 372 g/mol. The largest absolute Gasteiger partial charge is 0.274 e. The SMILES string of the molecule is Cc1ccc(-n2c(Cc3ccccc3)nnc2SCc2ccccc2)cc1. The standard InChI is InChI=1S/C23H21N3S/c1-18-12-14-21(15-13-18)26-22(16-19-8-4-2-5-9-19)24-25-23(26)27-17-20-10-6-3-7-11-20/h2-15H,16-17H2,1H3. The summed E-state index contributed by atoms with van der Waals surface area (Å²) in [6.45, 7) is 2.10. The maximum Gasteiger partial charge on any atom is 0.196 e. The molecule has 0 bridgehead atoms. The van der Waals surface area contributed by atoms with Gasteiger partial charge in [-0.3, -0.25) is 4.57 Å². The summed E-state index contributed by atoms with van der Waals surface area (Å²) in [5.41, 5.74) is 4.87. The molecule has 134 valence electrons. The van der Waals surface area contributed by atoms with Crippen LogP contribution in [0.3, 0.4) is 0 Å². The Morgan fingerprint density at radius 1 is 0.741 bits per heavy atom. The van der Waals surface area contributed by atoms with Gasteiger partial charge in [0.25, 0.3) is 0 Å². The highest BCUT2D eigenvalue weighted by molar-refractivity contribution is 7.98. The van der Waals surface area contributed by atoms with Crippen LogP contribution in [0.2, 0.25) is 0 Å². The Kier molecular flexibility index (Phi) is 5.35. The smallest absolute Gasteiger partial charge is 0.196 e. The first-order valence-corrected chi connectivity index (χ1v) is 10.00. The van der Waals surface area contributed by atoms with Crippen molar-refractivity contribution in [2.45, 2.75) is 24.3 Å². The zero-order chi connectivity index (χ0) is 18.5. The lowest BCUT2D eigenvalue weighted by Gasteiger charge is -2.11. The molecule has 0 unspecified atom stereocenters. The normalized spacial score (nSPS) is 10.9. The lowest BCUT2D eigenvalue weighted by molar-refractivity contribution is 0.847. The molecule has 0 aliphatic rings. The fourth-order valence-corrected chi connectivity index (χ4v) is 3.89. The van der Waals surface area contributed by atoms with Crippen LogP contribution < -0.4 is 0 Å². The van der Waals surface area contributed by atoms with Gasteiger partial charge in [-0.25, -0.2) is 0 Å². The number of aryl methyl sites for hydroxylation is 1. The second kappa shape index (κ2) is 8.23. The van der Waals surface area contributed by atoms with Crippen LogP contribution in [0.15, 0.2) is 90.1 Å². The highest BCUT2D eigenvalue weighted by Crippen LogP contribution is 2.26. The molecular formula is C23H21N3S. The molecule has 4 rings (SSSR count). The third kappa shape index (κ3) is 4.29. The van der Waals surface area contributed by atoms with Gasteiger partial charge in [0.05, 0.1) is 0 Å². The fraction of sp³-hybridized carbons (Fsp3) is 0.130. The summed E-state index contributed by atoms with van der Waals surface area (Å²) in [5.74, 6) is 1.83. The number of nitrogens with zero attached hydrogens (tertiary/aromatic N) is 3. The quantitative estimate of drug-likeness (QED) is 0.422. The van der Waals surface area contributed by atoms with E-state index in [0.717, 1.165) is 28.8 Å². The van der Waals surface area contributed by atoms with E-state index >= 15 is 0 Å². The average Bonchev–Trinajstić information content (AvgIpc) is 3.11. The first-order valence-electron chi connectivity index (χ1n) is 9.01. The van der Waals surface area contributed by atoms with E-state index in [1.54, 1.807) is 11.8 Å². The van der Waals surface area contributed by atoms with Gasteiger partial charge in [-0.2, -0.15) is 0 Å². The van der Waals surface area contributed by atoms with Crippen molar-refractivity contribution in [3.63, 3.8) is 0 Å².